The fourth-order valence-corrected chi connectivity index (χ4v) is 2.50. The summed E-state index contributed by atoms with van der Waals surface area (Å²) >= 11 is 0. The number of rotatable bonds is 10. The van der Waals surface area contributed by atoms with Gasteiger partial charge in [0.15, 0.2) is 11.5 Å². The summed E-state index contributed by atoms with van der Waals surface area (Å²) in [4.78, 5) is 24.4. The average Bonchev–Trinajstić information content (AvgIpc) is 2.67. The van der Waals surface area contributed by atoms with Gasteiger partial charge in [0.05, 0.1) is 0 Å². The molecule has 0 aliphatic rings. The summed E-state index contributed by atoms with van der Waals surface area (Å²) in [6.07, 6.45) is 2.06. The van der Waals surface area contributed by atoms with Crippen LogP contribution in [0.2, 0.25) is 0 Å². The van der Waals surface area contributed by atoms with E-state index in [0.717, 1.165) is 12.8 Å². The molecule has 0 amide bonds. The zero-order chi connectivity index (χ0) is 21.2. The molecular formula is C24H30O5. The summed E-state index contributed by atoms with van der Waals surface area (Å²) in [5, 5.41) is 0. The maximum Gasteiger partial charge on any atom is 0.311 e. The van der Waals surface area contributed by atoms with Crippen molar-refractivity contribution < 1.29 is 23.8 Å². The van der Waals surface area contributed by atoms with E-state index in [1.165, 1.54) is 0 Å². The number of ether oxygens (including phenoxy) is 3. The van der Waals surface area contributed by atoms with E-state index in [0.29, 0.717) is 36.2 Å². The summed E-state index contributed by atoms with van der Waals surface area (Å²) in [6.45, 7) is 8.18. The van der Waals surface area contributed by atoms with Crippen LogP contribution in [0.5, 0.6) is 23.0 Å². The Hall–Kier alpha value is -2.82. The summed E-state index contributed by atoms with van der Waals surface area (Å²) < 4.78 is 16.8. The minimum absolute atomic E-state index is 0.185. The summed E-state index contributed by atoms with van der Waals surface area (Å²) in [5.74, 6) is 1.63. The molecule has 0 unspecified atom stereocenters. The zero-order valence-electron chi connectivity index (χ0n) is 17.6. The first-order valence-electron chi connectivity index (χ1n) is 10.1. The second-order valence-electron chi connectivity index (χ2n) is 7.84. The highest BCUT2D eigenvalue weighted by molar-refractivity contribution is 5.76. The Labute approximate surface area is 173 Å². The summed E-state index contributed by atoms with van der Waals surface area (Å²) in [7, 11) is 0. The highest BCUT2D eigenvalue weighted by Gasteiger charge is 2.16. The van der Waals surface area contributed by atoms with Crippen LogP contribution in [0.1, 0.15) is 53.4 Å². The normalized spacial score (nSPS) is 10.8. The number of para-hydroxylation sites is 1. The van der Waals surface area contributed by atoms with E-state index in [4.69, 9.17) is 14.2 Å². The lowest BCUT2D eigenvalue weighted by molar-refractivity contribution is -0.137. The van der Waals surface area contributed by atoms with Crippen molar-refractivity contribution in [1.82, 2.24) is 0 Å². The average molecular weight is 398 g/mol. The molecule has 2 aromatic carbocycles. The Morgan fingerprint density at radius 3 is 1.83 bits per heavy atom. The van der Waals surface area contributed by atoms with Gasteiger partial charge >= 0.3 is 11.9 Å². The fourth-order valence-electron chi connectivity index (χ4n) is 2.50. The number of benzene rings is 2. The lowest BCUT2D eigenvalue weighted by Crippen LogP contribution is -2.13. The molecule has 0 saturated heterocycles. The molecular weight excluding hydrogens is 368 g/mol. The second-order valence-corrected chi connectivity index (χ2v) is 7.84. The molecule has 0 atom stereocenters. The first-order valence-corrected chi connectivity index (χ1v) is 10.1. The monoisotopic (exact) mass is 398 g/mol. The van der Waals surface area contributed by atoms with Crippen LogP contribution in [0.15, 0.2) is 48.5 Å². The smallest absolute Gasteiger partial charge is 0.311 e. The molecule has 0 aliphatic heterocycles. The van der Waals surface area contributed by atoms with Gasteiger partial charge in [-0.1, -0.05) is 45.9 Å². The van der Waals surface area contributed by atoms with Crippen molar-refractivity contribution >= 4 is 11.9 Å². The summed E-state index contributed by atoms with van der Waals surface area (Å²) in [5.41, 5.74) is 0. The quantitative estimate of drug-likeness (QED) is 0.354. The van der Waals surface area contributed by atoms with Crippen molar-refractivity contribution in [2.45, 2.75) is 53.4 Å². The van der Waals surface area contributed by atoms with Gasteiger partial charge in [0.1, 0.15) is 11.5 Å². The number of carbonyl (C=O) groups is 2. The van der Waals surface area contributed by atoms with Crippen LogP contribution in [-0.4, -0.2) is 11.9 Å². The van der Waals surface area contributed by atoms with Crippen LogP contribution in [0, 0.1) is 11.8 Å². The molecule has 0 N–H and O–H groups in total. The molecule has 0 saturated carbocycles. The summed E-state index contributed by atoms with van der Waals surface area (Å²) in [6, 6.07) is 14.1. The van der Waals surface area contributed by atoms with E-state index < -0.39 is 0 Å². The van der Waals surface area contributed by atoms with Crippen molar-refractivity contribution in [2.75, 3.05) is 0 Å². The number of esters is 2. The van der Waals surface area contributed by atoms with Gasteiger partial charge in [-0.15, -0.1) is 0 Å². The SMILES string of the molecule is CC(C)CCC(=O)Oc1ccc(Oc2ccccc2)cc1OC(=O)CCC(C)C. The maximum atomic E-state index is 12.2. The van der Waals surface area contributed by atoms with Gasteiger partial charge in [0.25, 0.3) is 0 Å². The number of hydrogen-bond acceptors (Lipinski definition) is 5. The molecule has 0 fully saturated rings. The van der Waals surface area contributed by atoms with Crippen LogP contribution in [0.3, 0.4) is 0 Å². The van der Waals surface area contributed by atoms with Crippen molar-refractivity contribution in [1.29, 1.82) is 0 Å². The molecule has 0 heterocycles. The molecule has 2 aromatic rings. The van der Waals surface area contributed by atoms with Crippen molar-refractivity contribution in [3.05, 3.63) is 48.5 Å². The first kappa shape index (κ1) is 22.5. The number of hydrogen-bond donors (Lipinski definition) is 0. The molecule has 0 aliphatic carbocycles. The number of carbonyl (C=O) groups excluding carboxylic acids is 2. The van der Waals surface area contributed by atoms with Crippen LogP contribution in [-0.2, 0) is 9.59 Å². The van der Waals surface area contributed by atoms with Crippen molar-refractivity contribution in [3.8, 4) is 23.0 Å². The van der Waals surface area contributed by atoms with Gasteiger partial charge in [-0.05, 0) is 48.9 Å². The fraction of sp³-hybridized carbons (Fsp3) is 0.417. The molecule has 0 bridgehead atoms. The third-order valence-corrected chi connectivity index (χ3v) is 4.19. The van der Waals surface area contributed by atoms with Gasteiger partial charge in [0.2, 0.25) is 0 Å². The lowest BCUT2D eigenvalue weighted by Gasteiger charge is -2.13. The lowest BCUT2D eigenvalue weighted by atomic mass is 10.1. The van der Waals surface area contributed by atoms with E-state index in [-0.39, 0.29) is 23.4 Å². The van der Waals surface area contributed by atoms with Crippen molar-refractivity contribution in [3.63, 3.8) is 0 Å². The Bertz CT molecular complexity index is 796. The predicted molar refractivity (Wildman–Crippen MR) is 112 cm³/mol. The molecule has 0 aromatic heterocycles. The predicted octanol–water partition coefficient (Wildman–Crippen LogP) is 6.16. The van der Waals surface area contributed by atoms with E-state index >= 15 is 0 Å². The second kappa shape index (κ2) is 11.2. The first-order chi connectivity index (χ1) is 13.8. The van der Waals surface area contributed by atoms with Gasteiger partial charge < -0.3 is 14.2 Å². The molecule has 29 heavy (non-hydrogen) atoms. The molecule has 5 heteroatoms. The minimum Gasteiger partial charge on any atom is -0.457 e. The third kappa shape index (κ3) is 8.38. The Morgan fingerprint density at radius 1 is 0.724 bits per heavy atom. The Balaban J connectivity index is 2.16. The van der Waals surface area contributed by atoms with Crippen LogP contribution >= 0.6 is 0 Å². The zero-order valence-corrected chi connectivity index (χ0v) is 17.6. The van der Waals surface area contributed by atoms with Crippen LogP contribution in [0.4, 0.5) is 0 Å². The van der Waals surface area contributed by atoms with Gasteiger partial charge in [-0.2, -0.15) is 0 Å². The standard InChI is InChI=1S/C24H30O5/c1-17(2)10-14-23(25)28-21-13-12-20(27-19-8-6-5-7-9-19)16-22(21)29-24(26)15-11-18(3)4/h5-9,12-13,16-18H,10-11,14-15H2,1-4H3. The molecule has 0 radical (unpaired) electrons. The third-order valence-electron chi connectivity index (χ3n) is 4.19. The van der Waals surface area contributed by atoms with E-state index in [9.17, 15) is 9.59 Å². The Morgan fingerprint density at radius 2 is 1.28 bits per heavy atom. The van der Waals surface area contributed by atoms with Crippen molar-refractivity contribution in [2.24, 2.45) is 11.8 Å². The van der Waals surface area contributed by atoms with Gasteiger partial charge in [-0.25, -0.2) is 0 Å². The minimum atomic E-state index is -0.366. The molecule has 2 rings (SSSR count). The van der Waals surface area contributed by atoms with Crippen LogP contribution < -0.4 is 14.2 Å². The Kier molecular flexibility index (Phi) is 8.71. The van der Waals surface area contributed by atoms with E-state index in [1.807, 2.05) is 58.0 Å². The van der Waals surface area contributed by atoms with E-state index in [1.54, 1.807) is 18.2 Å². The maximum absolute atomic E-state index is 12.2. The van der Waals surface area contributed by atoms with E-state index in [2.05, 4.69) is 0 Å². The highest BCUT2D eigenvalue weighted by Crippen LogP contribution is 2.34. The van der Waals surface area contributed by atoms with Gasteiger partial charge in [0, 0.05) is 18.9 Å². The largest absolute Gasteiger partial charge is 0.457 e. The topological polar surface area (TPSA) is 61.8 Å². The molecule has 0 spiro atoms. The molecule has 5 nitrogen and oxygen atoms in total. The highest BCUT2D eigenvalue weighted by atomic mass is 16.6. The van der Waals surface area contributed by atoms with Gasteiger partial charge in [-0.3, -0.25) is 9.59 Å². The molecule has 156 valence electrons. The van der Waals surface area contributed by atoms with Crippen LogP contribution in [0.25, 0.3) is 0 Å².